The second kappa shape index (κ2) is 8.00. The summed E-state index contributed by atoms with van der Waals surface area (Å²) in [5.74, 6) is 2.94. The van der Waals surface area contributed by atoms with Gasteiger partial charge in [-0.2, -0.15) is 0 Å². The Labute approximate surface area is 162 Å². The van der Waals surface area contributed by atoms with Crippen molar-refractivity contribution >= 4 is 17.7 Å². The molecule has 2 heterocycles. The first-order valence-electron chi connectivity index (χ1n) is 8.91. The third-order valence-electron chi connectivity index (χ3n) is 4.30. The van der Waals surface area contributed by atoms with Crippen LogP contribution in [0.4, 0.5) is 0 Å². The summed E-state index contributed by atoms with van der Waals surface area (Å²) in [6.45, 7) is 3.89. The molecule has 0 radical (unpaired) electrons. The first-order chi connectivity index (χ1) is 13.2. The van der Waals surface area contributed by atoms with E-state index in [2.05, 4.69) is 5.32 Å². The summed E-state index contributed by atoms with van der Waals surface area (Å²) in [4.78, 5) is 13.4. The Hall–Kier alpha value is -2.54. The van der Waals surface area contributed by atoms with Crippen LogP contribution in [0.25, 0.3) is 0 Å². The van der Waals surface area contributed by atoms with Crippen molar-refractivity contribution < 1.29 is 23.7 Å². The number of ether oxygens (including phenoxy) is 4. The average Bonchev–Trinajstić information content (AvgIpc) is 3.02. The SMILES string of the molecule is CC(Sc1ccc2c(c1)OCCCO2)C(=O)NCc1ccc2c(c1)OCO2. The molecule has 1 unspecified atom stereocenters. The van der Waals surface area contributed by atoms with Gasteiger partial charge in [-0.1, -0.05) is 6.07 Å². The molecule has 0 bridgehead atoms. The number of hydrogen-bond acceptors (Lipinski definition) is 6. The molecule has 0 aliphatic carbocycles. The predicted octanol–water partition coefficient (Wildman–Crippen LogP) is 3.37. The van der Waals surface area contributed by atoms with E-state index in [-0.39, 0.29) is 18.0 Å². The molecular formula is C20H21NO5S. The van der Waals surface area contributed by atoms with Gasteiger partial charge in [-0.05, 0) is 42.8 Å². The number of carbonyl (C=O) groups excluding carboxylic acids is 1. The van der Waals surface area contributed by atoms with Crippen LogP contribution in [-0.4, -0.2) is 31.2 Å². The number of nitrogens with one attached hydrogen (secondary N) is 1. The van der Waals surface area contributed by atoms with Crippen LogP contribution in [0.1, 0.15) is 18.9 Å². The predicted molar refractivity (Wildman–Crippen MR) is 102 cm³/mol. The lowest BCUT2D eigenvalue weighted by Gasteiger charge is -2.14. The molecule has 1 atom stereocenters. The standard InChI is InChI=1S/C20H21NO5S/c1-13(27-15-4-6-16-19(10-15)24-8-2-7-23-16)20(22)21-11-14-3-5-17-18(9-14)26-12-25-17/h3-6,9-10,13H,2,7-8,11-12H2,1H3,(H,21,22). The number of hydrogen-bond donors (Lipinski definition) is 1. The molecule has 2 aliphatic rings. The molecule has 2 aromatic carbocycles. The van der Waals surface area contributed by atoms with Crippen molar-refractivity contribution in [1.82, 2.24) is 5.32 Å². The molecule has 2 aliphatic heterocycles. The van der Waals surface area contributed by atoms with Crippen molar-refractivity contribution in [2.75, 3.05) is 20.0 Å². The van der Waals surface area contributed by atoms with E-state index < -0.39 is 0 Å². The van der Waals surface area contributed by atoms with Gasteiger partial charge in [0.2, 0.25) is 12.7 Å². The Kier molecular flexibility index (Phi) is 5.29. The Balaban J connectivity index is 1.33. The topological polar surface area (TPSA) is 66.0 Å². The molecule has 0 fully saturated rings. The van der Waals surface area contributed by atoms with E-state index in [0.717, 1.165) is 39.9 Å². The maximum Gasteiger partial charge on any atom is 0.233 e. The summed E-state index contributed by atoms with van der Waals surface area (Å²) in [6.07, 6.45) is 0.871. The molecule has 2 aromatic rings. The molecule has 27 heavy (non-hydrogen) atoms. The minimum Gasteiger partial charge on any atom is -0.490 e. The molecular weight excluding hydrogens is 366 g/mol. The number of benzene rings is 2. The summed E-state index contributed by atoms with van der Waals surface area (Å²) in [6, 6.07) is 11.5. The molecule has 1 N–H and O–H groups in total. The van der Waals surface area contributed by atoms with Gasteiger partial charge in [-0.25, -0.2) is 0 Å². The number of amides is 1. The minimum absolute atomic E-state index is 0.0234. The summed E-state index contributed by atoms with van der Waals surface area (Å²) < 4.78 is 22.0. The summed E-state index contributed by atoms with van der Waals surface area (Å²) in [5, 5.41) is 2.74. The lowest BCUT2D eigenvalue weighted by atomic mass is 10.2. The Morgan fingerprint density at radius 3 is 2.59 bits per heavy atom. The Bertz CT molecular complexity index is 841. The van der Waals surface area contributed by atoms with Gasteiger partial charge in [0, 0.05) is 17.9 Å². The first-order valence-corrected chi connectivity index (χ1v) is 9.79. The second-order valence-electron chi connectivity index (χ2n) is 6.32. The number of fused-ring (bicyclic) bond motifs is 2. The fourth-order valence-corrected chi connectivity index (χ4v) is 3.78. The van der Waals surface area contributed by atoms with E-state index in [9.17, 15) is 4.79 Å². The van der Waals surface area contributed by atoms with Crippen LogP contribution >= 0.6 is 11.8 Å². The van der Waals surface area contributed by atoms with Crippen LogP contribution in [-0.2, 0) is 11.3 Å². The van der Waals surface area contributed by atoms with Crippen LogP contribution in [0, 0.1) is 0 Å². The maximum atomic E-state index is 12.5. The number of carbonyl (C=O) groups is 1. The lowest BCUT2D eigenvalue weighted by Crippen LogP contribution is -2.30. The first kappa shape index (κ1) is 17.9. The fourth-order valence-electron chi connectivity index (χ4n) is 2.86. The van der Waals surface area contributed by atoms with Crippen LogP contribution in [0.2, 0.25) is 0 Å². The molecule has 1 amide bonds. The third-order valence-corrected chi connectivity index (χ3v) is 5.40. The second-order valence-corrected chi connectivity index (χ2v) is 7.74. The van der Waals surface area contributed by atoms with E-state index >= 15 is 0 Å². The van der Waals surface area contributed by atoms with E-state index in [1.165, 1.54) is 11.8 Å². The van der Waals surface area contributed by atoms with E-state index in [4.69, 9.17) is 18.9 Å². The molecule has 4 rings (SSSR count). The van der Waals surface area contributed by atoms with E-state index in [1.807, 2.05) is 43.3 Å². The van der Waals surface area contributed by atoms with Gasteiger partial charge < -0.3 is 24.3 Å². The summed E-state index contributed by atoms with van der Waals surface area (Å²) >= 11 is 1.49. The van der Waals surface area contributed by atoms with Crippen molar-refractivity contribution in [3.63, 3.8) is 0 Å². The van der Waals surface area contributed by atoms with Gasteiger partial charge in [0.15, 0.2) is 23.0 Å². The zero-order valence-electron chi connectivity index (χ0n) is 15.0. The quantitative estimate of drug-likeness (QED) is 0.794. The van der Waals surface area contributed by atoms with Crippen LogP contribution in [0.15, 0.2) is 41.3 Å². The van der Waals surface area contributed by atoms with Crippen molar-refractivity contribution in [3.8, 4) is 23.0 Å². The van der Waals surface area contributed by atoms with Crippen molar-refractivity contribution in [3.05, 3.63) is 42.0 Å². The third kappa shape index (κ3) is 4.24. The summed E-state index contributed by atoms with van der Waals surface area (Å²) in [7, 11) is 0. The highest BCUT2D eigenvalue weighted by Gasteiger charge is 2.18. The lowest BCUT2D eigenvalue weighted by molar-refractivity contribution is -0.120. The molecule has 0 aromatic heterocycles. The Morgan fingerprint density at radius 2 is 1.70 bits per heavy atom. The molecule has 6 nitrogen and oxygen atoms in total. The Morgan fingerprint density at radius 1 is 1.00 bits per heavy atom. The van der Waals surface area contributed by atoms with Gasteiger partial charge in [-0.15, -0.1) is 11.8 Å². The molecule has 0 spiro atoms. The van der Waals surface area contributed by atoms with Gasteiger partial charge in [0.1, 0.15) is 0 Å². The van der Waals surface area contributed by atoms with Crippen LogP contribution < -0.4 is 24.3 Å². The molecule has 0 saturated carbocycles. The van der Waals surface area contributed by atoms with Gasteiger partial charge >= 0.3 is 0 Å². The molecule has 142 valence electrons. The van der Waals surface area contributed by atoms with E-state index in [0.29, 0.717) is 19.8 Å². The van der Waals surface area contributed by atoms with E-state index in [1.54, 1.807) is 0 Å². The normalized spacial score (nSPS) is 15.7. The fraction of sp³-hybridized carbons (Fsp3) is 0.350. The zero-order valence-corrected chi connectivity index (χ0v) is 15.8. The number of rotatable bonds is 5. The largest absolute Gasteiger partial charge is 0.490 e. The van der Waals surface area contributed by atoms with Crippen molar-refractivity contribution in [1.29, 1.82) is 0 Å². The molecule has 7 heteroatoms. The van der Waals surface area contributed by atoms with Gasteiger partial charge in [0.25, 0.3) is 0 Å². The highest BCUT2D eigenvalue weighted by molar-refractivity contribution is 8.00. The minimum atomic E-state index is -0.233. The van der Waals surface area contributed by atoms with Crippen molar-refractivity contribution in [2.45, 2.75) is 30.0 Å². The van der Waals surface area contributed by atoms with Crippen LogP contribution in [0.5, 0.6) is 23.0 Å². The smallest absolute Gasteiger partial charge is 0.233 e. The average molecular weight is 387 g/mol. The van der Waals surface area contributed by atoms with Crippen molar-refractivity contribution in [2.24, 2.45) is 0 Å². The summed E-state index contributed by atoms with van der Waals surface area (Å²) in [5.41, 5.74) is 0.973. The van der Waals surface area contributed by atoms with Gasteiger partial charge in [0.05, 0.1) is 18.5 Å². The monoisotopic (exact) mass is 387 g/mol. The highest BCUT2D eigenvalue weighted by atomic mass is 32.2. The highest BCUT2D eigenvalue weighted by Crippen LogP contribution is 2.35. The van der Waals surface area contributed by atoms with Gasteiger partial charge in [-0.3, -0.25) is 4.79 Å². The molecule has 0 saturated heterocycles. The maximum absolute atomic E-state index is 12.5. The number of thioether (sulfide) groups is 1. The zero-order chi connectivity index (χ0) is 18.6. The van der Waals surface area contributed by atoms with Crippen LogP contribution in [0.3, 0.4) is 0 Å².